The van der Waals surface area contributed by atoms with E-state index in [0.29, 0.717) is 0 Å². The Bertz CT molecular complexity index is 1230. The van der Waals surface area contributed by atoms with E-state index in [1.807, 2.05) is 36.4 Å². The second kappa shape index (κ2) is 9.33. The molecule has 0 amide bonds. The maximum atomic E-state index is 15.8. The van der Waals surface area contributed by atoms with Gasteiger partial charge in [0, 0.05) is 24.8 Å². The number of nitrogens with zero attached hydrogens (tertiary/aromatic N) is 1. The number of alkyl halides is 1. The van der Waals surface area contributed by atoms with Gasteiger partial charge in [0.1, 0.15) is 0 Å². The molecule has 1 saturated carbocycles. The van der Waals surface area contributed by atoms with Crippen LogP contribution in [-0.2, 0) is 4.43 Å². The molecule has 1 aliphatic rings. The van der Waals surface area contributed by atoms with Crippen LogP contribution in [0.25, 0.3) is 0 Å². The molecule has 4 unspecified atom stereocenters. The molecule has 0 radical (unpaired) electrons. The molecule has 8 heteroatoms. The van der Waals surface area contributed by atoms with Crippen LogP contribution in [0.4, 0.5) is 4.39 Å². The Morgan fingerprint density at radius 2 is 1.60 bits per heavy atom. The van der Waals surface area contributed by atoms with Crippen molar-refractivity contribution >= 4 is 18.7 Å². The molecule has 2 aromatic carbocycles. The van der Waals surface area contributed by atoms with Gasteiger partial charge in [-0.1, -0.05) is 81.4 Å². The summed E-state index contributed by atoms with van der Waals surface area (Å²) in [6.45, 7) is 7.93. The zero-order valence-corrected chi connectivity index (χ0v) is 21.6. The summed E-state index contributed by atoms with van der Waals surface area (Å²) in [6.07, 6.45) is 0.171. The molecule has 6 nitrogen and oxygen atoms in total. The van der Waals surface area contributed by atoms with Crippen LogP contribution in [0.5, 0.6) is 0 Å². The predicted octanol–water partition coefficient (Wildman–Crippen LogP) is 2.76. The van der Waals surface area contributed by atoms with E-state index in [2.05, 4.69) is 50.0 Å². The van der Waals surface area contributed by atoms with Gasteiger partial charge in [0.15, 0.2) is 5.67 Å². The third kappa shape index (κ3) is 4.46. The minimum absolute atomic E-state index is 0.141. The normalized spacial score (nSPS) is 25.0. The molecule has 0 bridgehead atoms. The Morgan fingerprint density at radius 3 is 2.09 bits per heavy atom. The lowest BCUT2D eigenvalue weighted by molar-refractivity contribution is -0.0194. The van der Waals surface area contributed by atoms with Crippen molar-refractivity contribution in [2.45, 2.75) is 57.0 Å². The summed E-state index contributed by atoms with van der Waals surface area (Å²) < 4.78 is 23.9. The zero-order valence-electron chi connectivity index (χ0n) is 20.6. The average Bonchev–Trinajstić information content (AvgIpc) is 3.03. The smallest absolute Gasteiger partial charge is 0.328 e. The summed E-state index contributed by atoms with van der Waals surface area (Å²) in [5.41, 5.74) is -3.30. The first-order chi connectivity index (χ1) is 16.5. The largest absolute Gasteiger partial charge is 0.407 e. The van der Waals surface area contributed by atoms with Gasteiger partial charge in [0.2, 0.25) is 0 Å². The number of halogens is 1. The quantitative estimate of drug-likeness (QED) is 0.514. The maximum Gasteiger partial charge on any atom is 0.328 e. The highest BCUT2D eigenvalue weighted by atomic mass is 28.4. The van der Waals surface area contributed by atoms with E-state index in [0.717, 1.165) is 10.4 Å². The minimum atomic E-state index is -2.86. The van der Waals surface area contributed by atoms with Crippen LogP contribution >= 0.6 is 0 Å². The number of aliphatic hydroxyl groups excluding tert-OH is 1. The van der Waals surface area contributed by atoms with Crippen LogP contribution in [-0.4, -0.2) is 41.4 Å². The van der Waals surface area contributed by atoms with Crippen molar-refractivity contribution in [2.24, 2.45) is 5.92 Å². The van der Waals surface area contributed by atoms with Gasteiger partial charge in [-0.2, -0.15) is 0 Å². The molecular formula is C27H33FN2O4Si. The topological polar surface area (TPSA) is 84.3 Å². The number of aliphatic hydroxyl groups is 1. The van der Waals surface area contributed by atoms with E-state index < -0.39 is 43.3 Å². The first kappa shape index (κ1) is 25.3. The number of nitrogens with one attached hydrogen (secondary N) is 1. The fraction of sp³-hybridized carbons (Fsp3) is 0.407. The van der Waals surface area contributed by atoms with E-state index in [9.17, 15) is 14.7 Å². The fourth-order valence-electron chi connectivity index (χ4n) is 5.52. The van der Waals surface area contributed by atoms with Crippen LogP contribution in [0.1, 0.15) is 40.2 Å². The highest BCUT2D eigenvalue weighted by Gasteiger charge is 2.56. The van der Waals surface area contributed by atoms with Crippen LogP contribution in [0.2, 0.25) is 5.04 Å². The number of hydrogen-bond acceptors (Lipinski definition) is 4. The highest BCUT2D eigenvalue weighted by Crippen LogP contribution is 2.46. The summed E-state index contributed by atoms with van der Waals surface area (Å²) in [6, 6.07) is 20.5. The lowest BCUT2D eigenvalue weighted by Gasteiger charge is -2.43. The maximum absolute atomic E-state index is 15.8. The molecular weight excluding hydrogens is 463 g/mol. The third-order valence-electron chi connectivity index (χ3n) is 7.32. The number of benzene rings is 2. The van der Waals surface area contributed by atoms with Gasteiger partial charge in [-0.05, 0) is 28.8 Å². The van der Waals surface area contributed by atoms with Gasteiger partial charge in [-0.3, -0.25) is 14.3 Å². The van der Waals surface area contributed by atoms with Gasteiger partial charge in [0.25, 0.3) is 13.9 Å². The van der Waals surface area contributed by atoms with Crippen molar-refractivity contribution in [1.82, 2.24) is 9.55 Å². The van der Waals surface area contributed by atoms with Crippen LogP contribution < -0.4 is 21.6 Å². The van der Waals surface area contributed by atoms with E-state index in [1.165, 1.54) is 23.8 Å². The molecule has 1 aromatic heterocycles. The van der Waals surface area contributed by atoms with E-state index in [1.54, 1.807) is 0 Å². The lowest BCUT2D eigenvalue weighted by atomic mass is 9.98. The third-order valence-corrected chi connectivity index (χ3v) is 12.3. The molecule has 35 heavy (non-hydrogen) atoms. The van der Waals surface area contributed by atoms with Gasteiger partial charge >= 0.3 is 5.69 Å². The molecule has 0 saturated heterocycles. The van der Waals surface area contributed by atoms with Crippen LogP contribution in [0, 0.1) is 5.92 Å². The predicted molar refractivity (Wildman–Crippen MR) is 138 cm³/mol. The number of H-pyrrole nitrogens is 1. The summed E-state index contributed by atoms with van der Waals surface area (Å²) in [5.74, 6) is -0.532. The first-order valence-electron chi connectivity index (χ1n) is 11.9. The van der Waals surface area contributed by atoms with Crippen molar-refractivity contribution in [3.8, 4) is 0 Å². The molecule has 2 N–H and O–H groups in total. The summed E-state index contributed by atoms with van der Waals surface area (Å²) in [4.78, 5) is 26.1. The Balaban J connectivity index is 1.72. The molecule has 1 heterocycles. The first-order valence-corrected chi connectivity index (χ1v) is 13.8. The molecule has 3 aromatic rings. The van der Waals surface area contributed by atoms with Crippen LogP contribution in [0.15, 0.2) is 82.5 Å². The monoisotopic (exact) mass is 496 g/mol. The SMILES string of the molecule is CC1(F)C(O)C(CO[Si](c2ccccc2)(c2ccccc2)C(C)(C)C)CC1n1ccc(=O)[nH]c1=O. The Kier molecular flexibility index (Phi) is 6.74. The fourth-order valence-corrected chi connectivity index (χ4v) is 10.1. The second-order valence-corrected chi connectivity index (χ2v) is 14.9. The zero-order chi connectivity index (χ0) is 25.4. The van der Waals surface area contributed by atoms with Crippen LogP contribution in [0.3, 0.4) is 0 Å². The molecule has 186 valence electrons. The van der Waals surface area contributed by atoms with Gasteiger partial charge in [0.05, 0.1) is 12.1 Å². The molecule has 0 aliphatic heterocycles. The van der Waals surface area contributed by atoms with Crippen molar-refractivity contribution in [3.05, 3.63) is 93.8 Å². The molecule has 0 spiro atoms. The Hall–Kier alpha value is -2.81. The van der Waals surface area contributed by atoms with E-state index in [4.69, 9.17) is 4.43 Å². The van der Waals surface area contributed by atoms with Crippen molar-refractivity contribution in [2.75, 3.05) is 6.61 Å². The van der Waals surface area contributed by atoms with Gasteiger partial charge < -0.3 is 9.53 Å². The summed E-state index contributed by atoms with van der Waals surface area (Å²) >= 11 is 0. The Morgan fingerprint density at radius 1 is 1.06 bits per heavy atom. The molecule has 4 rings (SSSR count). The second-order valence-electron chi connectivity index (χ2n) is 10.6. The average molecular weight is 497 g/mol. The molecule has 1 aliphatic carbocycles. The van der Waals surface area contributed by atoms with Gasteiger partial charge in [-0.15, -0.1) is 0 Å². The molecule has 1 fully saturated rings. The standard InChI is InChI=1S/C27H33FN2O4Si/c1-26(2,3)35(20-11-7-5-8-12-20,21-13-9-6-10-14-21)34-18-19-17-22(27(4,28)24(19)32)30-16-15-23(31)29-25(30)33/h5-16,19,22,24,32H,17-18H2,1-4H3,(H,29,31,33). The number of aromatic amines is 1. The summed E-state index contributed by atoms with van der Waals surface area (Å²) in [5, 5.41) is 13.0. The van der Waals surface area contributed by atoms with Crippen molar-refractivity contribution in [3.63, 3.8) is 0 Å². The highest BCUT2D eigenvalue weighted by molar-refractivity contribution is 6.99. The number of hydrogen-bond donors (Lipinski definition) is 2. The lowest BCUT2D eigenvalue weighted by Crippen LogP contribution is -2.67. The minimum Gasteiger partial charge on any atom is -0.407 e. The number of aromatic nitrogens is 2. The van der Waals surface area contributed by atoms with E-state index in [-0.39, 0.29) is 18.1 Å². The van der Waals surface area contributed by atoms with Gasteiger partial charge in [-0.25, -0.2) is 9.18 Å². The summed E-state index contributed by atoms with van der Waals surface area (Å²) in [7, 11) is -2.86. The van der Waals surface area contributed by atoms with Crippen molar-refractivity contribution in [1.29, 1.82) is 0 Å². The van der Waals surface area contributed by atoms with Crippen molar-refractivity contribution < 1.29 is 13.9 Å². The van der Waals surface area contributed by atoms with E-state index >= 15 is 4.39 Å². The molecule has 4 atom stereocenters. The number of rotatable bonds is 6. The Labute approximate surface area is 205 Å².